The number of anilines is 1. The van der Waals surface area contributed by atoms with Gasteiger partial charge in [0.05, 0.1) is 5.69 Å². The predicted octanol–water partition coefficient (Wildman–Crippen LogP) is 2.57. The molecule has 1 aromatic rings. The molecule has 0 aliphatic carbocycles. The second kappa shape index (κ2) is 5.15. The van der Waals surface area contributed by atoms with Crippen LogP contribution in [-0.2, 0) is 0 Å². The Balaban J connectivity index is 2.81. The topological polar surface area (TPSA) is 42.2 Å². The lowest BCUT2D eigenvalue weighted by Crippen LogP contribution is -2.37. The number of aryl methyl sites for hydroxylation is 1. The highest BCUT2D eigenvalue weighted by Crippen LogP contribution is 2.21. The van der Waals surface area contributed by atoms with Crippen molar-refractivity contribution >= 4 is 21.7 Å². The normalized spacial score (nSPS) is 11.6. The van der Waals surface area contributed by atoms with E-state index in [2.05, 4.69) is 39.7 Å². The maximum absolute atomic E-state index is 5.73. The summed E-state index contributed by atoms with van der Waals surface area (Å²) in [5.74, 6) is 0.988. The maximum atomic E-state index is 5.73. The molecule has 1 rings (SSSR count). The van der Waals surface area contributed by atoms with Gasteiger partial charge in [0.15, 0.2) is 0 Å². The van der Waals surface area contributed by atoms with Gasteiger partial charge >= 0.3 is 0 Å². The molecule has 0 aliphatic rings. The number of hydrogen-bond donors (Lipinski definition) is 1. The fourth-order valence-corrected chi connectivity index (χ4v) is 1.75. The summed E-state index contributed by atoms with van der Waals surface area (Å²) in [4.78, 5) is 6.67. The number of nitrogens with two attached hydrogens (primary N) is 1. The number of aromatic nitrogens is 1. The van der Waals surface area contributed by atoms with Crippen LogP contribution in [-0.4, -0.2) is 25.1 Å². The van der Waals surface area contributed by atoms with Gasteiger partial charge in [0.25, 0.3) is 0 Å². The van der Waals surface area contributed by atoms with E-state index in [1.165, 1.54) is 0 Å². The Hall–Kier alpha value is -0.610. The Morgan fingerprint density at radius 3 is 2.56 bits per heavy atom. The van der Waals surface area contributed by atoms with Crippen LogP contribution in [0, 0.1) is 12.3 Å². The Labute approximate surface area is 106 Å². The first kappa shape index (κ1) is 13.5. The highest BCUT2D eigenvalue weighted by atomic mass is 79.9. The van der Waals surface area contributed by atoms with E-state index in [4.69, 9.17) is 5.73 Å². The Bertz CT molecular complexity index is 363. The highest BCUT2D eigenvalue weighted by molar-refractivity contribution is 9.10. The smallest absolute Gasteiger partial charge is 0.128 e. The van der Waals surface area contributed by atoms with Crippen LogP contribution in [0.3, 0.4) is 0 Å². The third kappa shape index (κ3) is 3.46. The van der Waals surface area contributed by atoms with Crippen molar-refractivity contribution in [2.45, 2.75) is 20.8 Å². The summed E-state index contributed by atoms with van der Waals surface area (Å²) >= 11 is 3.45. The summed E-state index contributed by atoms with van der Waals surface area (Å²) in [6.45, 7) is 7.89. The number of pyridine rings is 1. The molecular formula is C12H20BrN3. The minimum Gasteiger partial charge on any atom is -0.359 e. The first-order valence-corrected chi connectivity index (χ1v) is 6.19. The van der Waals surface area contributed by atoms with Gasteiger partial charge in [-0.15, -0.1) is 0 Å². The van der Waals surface area contributed by atoms with E-state index in [9.17, 15) is 0 Å². The van der Waals surface area contributed by atoms with Crippen LogP contribution in [0.4, 0.5) is 5.82 Å². The van der Waals surface area contributed by atoms with Crippen LogP contribution in [0.1, 0.15) is 19.5 Å². The molecule has 0 aliphatic heterocycles. The first-order valence-electron chi connectivity index (χ1n) is 5.40. The van der Waals surface area contributed by atoms with Gasteiger partial charge in [-0.1, -0.05) is 13.8 Å². The summed E-state index contributed by atoms with van der Waals surface area (Å²) in [6, 6.07) is 4.05. The molecule has 1 heterocycles. The molecule has 3 nitrogen and oxygen atoms in total. The number of halogens is 1. The van der Waals surface area contributed by atoms with Gasteiger partial charge in [0, 0.05) is 18.1 Å². The van der Waals surface area contributed by atoms with Gasteiger partial charge in [-0.05, 0) is 46.9 Å². The quantitative estimate of drug-likeness (QED) is 0.925. The van der Waals surface area contributed by atoms with E-state index in [1.807, 2.05) is 26.1 Å². The molecule has 0 amide bonds. The Morgan fingerprint density at radius 1 is 1.44 bits per heavy atom. The molecular weight excluding hydrogens is 266 g/mol. The van der Waals surface area contributed by atoms with Crippen LogP contribution >= 0.6 is 15.9 Å². The average Bonchev–Trinajstić information content (AvgIpc) is 2.21. The molecule has 4 heteroatoms. The molecule has 16 heavy (non-hydrogen) atoms. The van der Waals surface area contributed by atoms with Crippen LogP contribution in [0.25, 0.3) is 0 Å². The summed E-state index contributed by atoms with van der Waals surface area (Å²) < 4.78 is 1.04. The van der Waals surface area contributed by atoms with Gasteiger partial charge < -0.3 is 10.6 Å². The monoisotopic (exact) mass is 285 g/mol. The Kier molecular flexibility index (Phi) is 4.33. The lowest BCUT2D eigenvalue weighted by molar-refractivity contribution is 0.384. The summed E-state index contributed by atoms with van der Waals surface area (Å²) in [5.41, 5.74) is 6.85. The SMILES string of the molecule is Cc1nc(N(C)CC(C)(C)CN)ccc1Br. The van der Waals surface area contributed by atoms with Gasteiger partial charge in [-0.3, -0.25) is 0 Å². The van der Waals surface area contributed by atoms with Crippen LogP contribution in [0.2, 0.25) is 0 Å². The molecule has 0 fully saturated rings. The minimum absolute atomic E-state index is 0.109. The molecule has 0 atom stereocenters. The molecule has 0 spiro atoms. The van der Waals surface area contributed by atoms with E-state index < -0.39 is 0 Å². The van der Waals surface area contributed by atoms with Crippen molar-refractivity contribution in [3.05, 3.63) is 22.3 Å². The minimum atomic E-state index is 0.109. The zero-order chi connectivity index (χ0) is 12.3. The van der Waals surface area contributed by atoms with E-state index in [-0.39, 0.29) is 5.41 Å². The van der Waals surface area contributed by atoms with Gasteiger partial charge in [0.2, 0.25) is 0 Å². The van der Waals surface area contributed by atoms with Crippen LogP contribution in [0.15, 0.2) is 16.6 Å². The van der Waals surface area contributed by atoms with Gasteiger partial charge in [0.1, 0.15) is 5.82 Å². The van der Waals surface area contributed by atoms with Crippen molar-refractivity contribution in [2.75, 3.05) is 25.0 Å². The molecule has 2 N–H and O–H groups in total. The third-order valence-electron chi connectivity index (χ3n) is 2.62. The second-order valence-corrected chi connectivity index (χ2v) is 5.82. The second-order valence-electron chi connectivity index (χ2n) is 4.96. The first-order chi connectivity index (χ1) is 7.35. The average molecular weight is 286 g/mol. The molecule has 0 saturated heterocycles. The molecule has 0 unspecified atom stereocenters. The van der Waals surface area contributed by atoms with Crippen LogP contribution < -0.4 is 10.6 Å². The molecule has 0 aromatic carbocycles. The summed E-state index contributed by atoms with van der Waals surface area (Å²) in [6.07, 6.45) is 0. The zero-order valence-corrected chi connectivity index (χ0v) is 12.0. The van der Waals surface area contributed by atoms with E-state index >= 15 is 0 Å². The third-order valence-corrected chi connectivity index (χ3v) is 3.45. The Morgan fingerprint density at radius 2 is 2.06 bits per heavy atom. The van der Waals surface area contributed by atoms with Crippen molar-refractivity contribution in [2.24, 2.45) is 11.1 Å². The van der Waals surface area contributed by atoms with Crippen molar-refractivity contribution in [3.8, 4) is 0 Å². The molecule has 1 aromatic heterocycles. The fraction of sp³-hybridized carbons (Fsp3) is 0.583. The van der Waals surface area contributed by atoms with Crippen molar-refractivity contribution in [3.63, 3.8) is 0 Å². The number of nitrogens with zero attached hydrogens (tertiary/aromatic N) is 2. The van der Waals surface area contributed by atoms with Gasteiger partial charge in [-0.25, -0.2) is 4.98 Å². The van der Waals surface area contributed by atoms with Crippen LogP contribution in [0.5, 0.6) is 0 Å². The van der Waals surface area contributed by atoms with Crippen molar-refractivity contribution in [1.29, 1.82) is 0 Å². The highest BCUT2D eigenvalue weighted by Gasteiger charge is 2.19. The molecule has 90 valence electrons. The van der Waals surface area contributed by atoms with Crippen molar-refractivity contribution in [1.82, 2.24) is 4.98 Å². The molecule has 0 bridgehead atoms. The zero-order valence-electron chi connectivity index (χ0n) is 10.4. The number of hydrogen-bond acceptors (Lipinski definition) is 3. The summed E-state index contributed by atoms with van der Waals surface area (Å²) in [5, 5.41) is 0. The van der Waals surface area contributed by atoms with Crippen molar-refractivity contribution < 1.29 is 0 Å². The lowest BCUT2D eigenvalue weighted by Gasteiger charge is -2.29. The summed E-state index contributed by atoms with van der Waals surface area (Å²) in [7, 11) is 2.05. The maximum Gasteiger partial charge on any atom is 0.128 e. The van der Waals surface area contributed by atoms with Gasteiger partial charge in [-0.2, -0.15) is 0 Å². The lowest BCUT2D eigenvalue weighted by atomic mass is 9.93. The fourth-order valence-electron chi connectivity index (χ4n) is 1.53. The van der Waals surface area contributed by atoms with E-state index in [1.54, 1.807) is 0 Å². The van der Waals surface area contributed by atoms with E-state index in [0.717, 1.165) is 22.5 Å². The predicted molar refractivity (Wildman–Crippen MR) is 72.8 cm³/mol. The molecule has 0 radical (unpaired) electrons. The standard InChI is InChI=1S/C12H20BrN3/c1-9-10(13)5-6-11(15-9)16(4)8-12(2,3)7-14/h5-6H,7-8,14H2,1-4H3. The van der Waals surface area contributed by atoms with E-state index in [0.29, 0.717) is 6.54 Å². The number of rotatable bonds is 4. The molecule has 0 saturated carbocycles. The largest absolute Gasteiger partial charge is 0.359 e.